The Bertz CT molecular complexity index is 642. The number of carbonyl (C=O) groups is 1. The molecule has 8 heteroatoms. The van der Waals surface area contributed by atoms with E-state index in [2.05, 4.69) is 15.5 Å². The van der Waals surface area contributed by atoms with Gasteiger partial charge in [-0.25, -0.2) is 4.79 Å². The number of thiocarbonyl (C=S) groups is 1. The summed E-state index contributed by atoms with van der Waals surface area (Å²) in [6, 6.07) is 0. The maximum atomic E-state index is 12.2. The van der Waals surface area contributed by atoms with Gasteiger partial charge in [0.15, 0.2) is 5.11 Å². The number of anilines is 1. The van der Waals surface area contributed by atoms with Crippen LogP contribution in [0, 0.1) is 0 Å². The molecule has 2 aliphatic rings. The molecule has 1 fully saturated rings. The van der Waals surface area contributed by atoms with Crippen molar-refractivity contribution in [1.29, 1.82) is 0 Å². The molecule has 0 bridgehead atoms. The highest BCUT2D eigenvalue weighted by molar-refractivity contribution is 7.80. The van der Waals surface area contributed by atoms with E-state index in [9.17, 15) is 4.79 Å². The fraction of sp³-hybridized carbons (Fsp3) is 0.667. The molecule has 1 aromatic heterocycles. The number of esters is 1. The van der Waals surface area contributed by atoms with Crippen molar-refractivity contribution in [2.45, 2.75) is 32.1 Å². The van der Waals surface area contributed by atoms with Crippen molar-refractivity contribution < 1.29 is 14.3 Å². The van der Waals surface area contributed by atoms with Gasteiger partial charge in [-0.05, 0) is 56.4 Å². The summed E-state index contributed by atoms with van der Waals surface area (Å²) in [4.78, 5) is 15.9. The number of carbonyl (C=O) groups excluding carboxylic acids is 1. The summed E-state index contributed by atoms with van der Waals surface area (Å²) in [5, 5.41) is 7.86. The van der Waals surface area contributed by atoms with Gasteiger partial charge in [0.2, 0.25) is 0 Å². The first-order valence-corrected chi connectivity index (χ1v) is 10.5. The van der Waals surface area contributed by atoms with Gasteiger partial charge in [-0.15, -0.1) is 11.3 Å². The maximum absolute atomic E-state index is 12.2. The predicted octanol–water partition coefficient (Wildman–Crippen LogP) is 2.42. The van der Waals surface area contributed by atoms with Crippen molar-refractivity contribution in [3.05, 3.63) is 16.0 Å². The minimum Gasteiger partial charge on any atom is -0.465 e. The number of rotatable bonds is 6. The zero-order valence-electron chi connectivity index (χ0n) is 15.3. The number of nitrogens with zero attached hydrogens (tertiary/aromatic N) is 1. The first kappa shape index (κ1) is 19.5. The van der Waals surface area contributed by atoms with Gasteiger partial charge in [-0.3, -0.25) is 4.90 Å². The number of methoxy groups -OCH3 is 1. The molecule has 3 rings (SSSR count). The van der Waals surface area contributed by atoms with E-state index in [0.717, 1.165) is 75.6 Å². The molecule has 0 aromatic carbocycles. The van der Waals surface area contributed by atoms with Gasteiger partial charge in [0.1, 0.15) is 5.00 Å². The summed E-state index contributed by atoms with van der Waals surface area (Å²) < 4.78 is 10.4. The Kier molecular flexibility index (Phi) is 7.24. The zero-order valence-corrected chi connectivity index (χ0v) is 16.9. The Morgan fingerprint density at radius 3 is 2.85 bits per heavy atom. The van der Waals surface area contributed by atoms with Crippen LogP contribution in [0.15, 0.2) is 0 Å². The molecular weight excluding hydrogens is 370 g/mol. The third kappa shape index (κ3) is 4.94. The fourth-order valence-electron chi connectivity index (χ4n) is 3.45. The average molecular weight is 398 g/mol. The summed E-state index contributed by atoms with van der Waals surface area (Å²) in [7, 11) is 1.43. The number of ether oxygens (including phenoxy) is 2. The van der Waals surface area contributed by atoms with Crippen LogP contribution < -0.4 is 10.6 Å². The largest absolute Gasteiger partial charge is 0.465 e. The second-order valence-corrected chi connectivity index (χ2v) is 8.11. The summed E-state index contributed by atoms with van der Waals surface area (Å²) in [6.45, 7) is 5.51. The molecule has 0 saturated carbocycles. The Morgan fingerprint density at radius 1 is 1.31 bits per heavy atom. The van der Waals surface area contributed by atoms with Crippen molar-refractivity contribution in [1.82, 2.24) is 10.2 Å². The smallest absolute Gasteiger partial charge is 0.341 e. The van der Waals surface area contributed by atoms with Crippen LogP contribution >= 0.6 is 23.6 Å². The van der Waals surface area contributed by atoms with Crippen LogP contribution in [0.5, 0.6) is 0 Å². The normalized spacial score (nSPS) is 17.4. The van der Waals surface area contributed by atoms with Crippen LogP contribution in [0.1, 0.15) is 40.1 Å². The highest BCUT2D eigenvalue weighted by Crippen LogP contribution is 2.38. The molecule has 26 heavy (non-hydrogen) atoms. The van der Waals surface area contributed by atoms with E-state index >= 15 is 0 Å². The van der Waals surface area contributed by atoms with E-state index in [1.807, 2.05) is 0 Å². The number of morpholine rings is 1. The van der Waals surface area contributed by atoms with Gasteiger partial charge in [-0.2, -0.15) is 0 Å². The number of nitrogens with one attached hydrogen (secondary N) is 2. The molecule has 1 saturated heterocycles. The van der Waals surface area contributed by atoms with Gasteiger partial charge in [0.25, 0.3) is 0 Å². The van der Waals surface area contributed by atoms with Crippen LogP contribution in [-0.4, -0.2) is 62.5 Å². The van der Waals surface area contributed by atoms with Crippen LogP contribution in [0.3, 0.4) is 0 Å². The molecule has 0 amide bonds. The molecule has 1 aromatic rings. The molecular formula is C18H27N3O3S2. The van der Waals surface area contributed by atoms with Crippen LogP contribution in [0.25, 0.3) is 0 Å². The number of hydrogen-bond acceptors (Lipinski definition) is 6. The second kappa shape index (κ2) is 9.64. The molecule has 1 aliphatic heterocycles. The molecule has 2 heterocycles. The van der Waals surface area contributed by atoms with Crippen LogP contribution in [-0.2, 0) is 22.3 Å². The lowest BCUT2D eigenvalue weighted by Gasteiger charge is -2.26. The maximum Gasteiger partial charge on any atom is 0.341 e. The Balaban J connectivity index is 1.52. The minimum atomic E-state index is -0.276. The highest BCUT2D eigenvalue weighted by Gasteiger charge is 2.26. The SMILES string of the molecule is COC(=O)c1c(NC(=S)NCCCN2CCOCC2)sc2c1CCCC2. The van der Waals surface area contributed by atoms with Crippen molar-refractivity contribution in [2.75, 3.05) is 51.8 Å². The van der Waals surface area contributed by atoms with Crippen LogP contribution in [0.4, 0.5) is 5.00 Å². The van der Waals surface area contributed by atoms with Crippen molar-refractivity contribution in [3.63, 3.8) is 0 Å². The van der Waals surface area contributed by atoms with Crippen molar-refractivity contribution in [3.8, 4) is 0 Å². The van der Waals surface area contributed by atoms with Gasteiger partial charge in [-0.1, -0.05) is 0 Å². The van der Waals surface area contributed by atoms with Crippen LogP contribution in [0.2, 0.25) is 0 Å². The molecule has 0 unspecified atom stereocenters. The molecule has 1 aliphatic carbocycles. The van der Waals surface area contributed by atoms with E-state index < -0.39 is 0 Å². The van der Waals surface area contributed by atoms with Gasteiger partial charge in [0.05, 0.1) is 25.9 Å². The molecule has 0 atom stereocenters. The molecule has 144 valence electrons. The molecule has 6 nitrogen and oxygen atoms in total. The summed E-state index contributed by atoms with van der Waals surface area (Å²) in [5.41, 5.74) is 1.82. The summed E-state index contributed by atoms with van der Waals surface area (Å²) in [5.74, 6) is -0.276. The Hall–Kier alpha value is -1.22. The van der Waals surface area contributed by atoms with E-state index in [4.69, 9.17) is 21.7 Å². The number of thiophene rings is 1. The fourth-order valence-corrected chi connectivity index (χ4v) is 5.00. The quantitative estimate of drug-likeness (QED) is 0.434. The molecule has 2 N–H and O–H groups in total. The first-order chi connectivity index (χ1) is 12.7. The third-order valence-electron chi connectivity index (χ3n) is 4.83. The van der Waals surface area contributed by atoms with Gasteiger partial charge < -0.3 is 20.1 Å². The first-order valence-electron chi connectivity index (χ1n) is 9.27. The topological polar surface area (TPSA) is 62.8 Å². The predicted molar refractivity (Wildman–Crippen MR) is 108 cm³/mol. The van der Waals surface area contributed by atoms with Gasteiger partial charge >= 0.3 is 5.97 Å². The summed E-state index contributed by atoms with van der Waals surface area (Å²) >= 11 is 7.06. The monoisotopic (exact) mass is 397 g/mol. The highest BCUT2D eigenvalue weighted by atomic mass is 32.1. The minimum absolute atomic E-state index is 0.276. The third-order valence-corrected chi connectivity index (χ3v) is 6.28. The average Bonchev–Trinajstić information content (AvgIpc) is 3.03. The standard InChI is InChI=1S/C18H27N3O3S2/c1-23-17(22)15-13-5-2-3-6-14(13)26-16(15)20-18(25)19-7-4-8-21-9-11-24-12-10-21/h2-12H2,1H3,(H2,19,20,25). The van der Waals surface area contributed by atoms with E-state index in [-0.39, 0.29) is 5.97 Å². The van der Waals surface area contributed by atoms with Crippen molar-refractivity contribution >= 4 is 39.6 Å². The van der Waals surface area contributed by atoms with E-state index in [1.165, 1.54) is 18.4 Å². The lowest BCUT2D eigenvalue weighted by Crippen LogP contribution is -2.38. The number of aryl methyl sites for hydroxylation is 1. The van der Waals surface area contributed by atoms with E-state index in [1.54, 1.807) is 11.3 Å². The number of hydrogen-bond donors (Lipinski definition) is 2. The Labute approximate surface area is 164 Å². The molecule has 0 spiro atoms. The lowest BCUT2D eigenvalue weighted by atomic mass is 9.95. The van der Waals surface area contributed by atoms with E-state index in [0.29, 0.717) is 10.7 Å². The second-order valence-electron chi connectivity index (χ2n) is 6.60. The summed E-state index contributed by atoms with van der Waals surface area (Å²) in [6.07, 6.45) is 5.30. The lowest BCUT2D eigenvalue weighted by molar-refractivity contribution is 0.0376. The number of fused-ring (bicyclic) bond motifs is 1. The Morgan fingerprint density at radius 2 is 2.08 bits per heavy atom. The van der Waals surface area contributed by atoms with Gasteiger partial charge in [0, 0.05) is 24.5 Å². The van der Waals surface area contributed by atoms with Crippen molar-refractivity contribution in [2.24, 2.45) is 0 Å². The zero-order chi connectivity index (χ0) is 18.4. The molecule has 0 radical (unpaired) electrons.